The van der Waals surface area contributed by atoms with Crippen molar-refractivity contribution in [3.05, 3.63) is 35.8 Å². The minimum absolute atomic E-state index is 0.0268. The zero-order valence-corrected chi connectivity index (χ0v) is 10.3. The Morgan fingerprint density at radius 3 is 2.78 bits per heavy atom. The molecule has 0 saturated heterocycles. The fraction of sp³-hybridized carbons (Fsp3) is 0.100. The van der Waals surface area contributed by atoms with E-state index in [1.165, 1.54) is 12.3 Å². The van der Waals surface area contributed by atoms with Crippen molar-refractivity contribution >= 4 is 21.5 Å². The summed E-state index contributed by atoms with van der Waals surface area (Å²) in [5, 5.41) is 6.17. The fourth-order valence-corrected chi connectivity index (χ4v) is 2.61. The lowest BCUT2D eigenvalue weighted by Crippen LogP contribution is -2.16. The van der Waals surface area contributed by atoms with Crippen molar-refractivity contribution in [3.63, 3.8) is 0 Å². The predicted molar refractivity (Wildman–Crippen MR) is 64.9 cm³/mol. The average Bonchev–Trinajstić information content (AvgIpc) is 2.67. The van der Waals surface area contributed by atoms with Crippen LogP contribution in [-0.4, -0.2) is 18.6 Å². The zero-order valence-electron chi connectivity index (χ0n) is 9.44. The maximum Gasteiger partial charge on any atom is 0.265 e. The second-order valence-electron chi connectivity index (χ2n) is 3.72. The number of anilines is 2. The number of nitrogen functional groups attached to an aromatic ring is 1. The highest BCUT2D eigenvalue weighted by Gasteiger charge is 2.19. The lowest BCUT2D eigenvalue weighted by Gasteiger charge is -2.09. The van der Waals surface area contributed by atoms with Crippen LogP contribution in [0.3, 0.4) is 0 Å². The largest absolute Gasteiger partial charge is 0.398 e. The molecule has 0 aliphatic heterocycles. The summed E-state index contributed by atoms with van der Waals surface area (Å²) in [4.78, 5) is -0.309. The summed E-state index contributed by atoms with van der Waals surface area (Å²) < 4.78 is 39.4. The Morgan fingerprint density at radius 2 is 2.17 bits per heavy atom. The number of rotatable bonds is 3. The van der Waals surface area contributed by atoms with Crippen molar-refractivity contribution in [2.75, 3.05) is 10.5 Å². The van der Waals surface area contributed by atoms with E-state index >= 15 is 0 Å². The van der Waals surface area contributed by atoms with Crippen molar-refractivity contribution < 1.29 is 12.8 Å². The summed E-state index contributed by atoms with van der Waals surface area (Å²) in [5.74, 6) is -0.454. The highest BCUT2D eigenvalue weighted by molar-refractivity contribution is 7.92. The first-order chi connectivity index (χ1) is 8.40. The molecule has 1 aromatic carbocycles. The molecule has 96 valence electrons. The number of aryl methyl sites for hydroxylation is 1. The summed E-state index contributed by atoms with van der Waals surface area (Å²) in [6.45, 7) is 1.68. The Bertz CT molecular complexity index is 681. The number of benzene rings is 1. The van der Waals surface area contributed by atoms with Crippen molar-refractivity contribution in [2.24, 2.45) is 0 Å². The van der Waals surface area contributed by atoms with Crippen molar-refractivity contribution in [2.45, 2.75) is 11.8 Å². The fourth-order valence-electron chi connectivity index (χ4n) is 1.38. The highest BCUT2D eigenvalue weighted by atomic mass is 32.2. The minimum atomic E-state index is -3.95. The van der Waals surface area contributed by atoms with E-state index in [0.717, 1.165) is 12.1 Å². The standard InChI is InChI=1S/C10H11FN4O2S/c1-6-5-13-14-10(6)15-18(16,17)9-4-7(11)2-3-8(9)12/h2-5H,12H2,1H3,(H2,13,14,15). The van der Waals surface area contributed by atoms with E-state index in [-0.39, 0.29) is 16.4 Å². The third kappa shape index (κ3) is 2.28. The zero-order chi connectivity index (χ0) is 13.3. The van der Waals surface area contributed by atoms with E-state index in [4.69, 9.17) is 5.73 Å². The Morgan fingerprint density at radius 1 is 1.44 bits per heavy atom. The van der Waals surface area contributed by atoms with Gasteiger partial charge in [-0.15, -0.1) is 0 Å². The van der Waals surface area contributed by atoms with Gasteiger partial charge >= 0.3 is 0 Å². The van der Waals surface area contributed by atoms with Gasteiger partial charge < -0.3 is 5.73 Å². The van der Waals surface area contributed by atoms with E-state index in [1.54, 1.807) is 6.92 Å². The van der Waals surface area contributed by atoms with Crippen LogP contribution in [0.2, 0.25) is 0 Å². The van der Waals surface area contributed by atoms with Gasteiger partial charge in [-0.25, -0.2) is 12.8 Å². The third-order valence-electron chi connectivity index (χ3n) is 2.33. The molecule has 0 radical (unpaired) electrons. The van der Waals surface area contributed by atoms with E-state index < -0.39 is 15.8 Å². The number of nitrogens with two attached hydrogens (primary N) is 1. The van der Waals surface area contributed by atoms with Crippen LogP contribution in [0.4, 0.5) is 15.9 Å². The third-order valence-corrected chi connectivity index (χ3v) is 3.74. The van der Waals surface area contributed by atoms with Crippen LogP contribution in [0.5, 0.6) is 0 Å². The first-order valence-corrected chi connectivity index (χ1v) is 6.46. The lowest BCUT2D eigenvalue weighted by molar-refractivity contribution is 0.595. The normalized spacial score (nSPS) is 11.4. The number of H-pyrrole nitrogens is 1. The van der Waals surface area contributed by atoms with Crippen molar-refractivity contribution in [1.29, 1.82) is 0 Å². The second-order valence-corrected chi connectivity index (χ2v) is 5.37. The van der Waals surface area contributed by atoms with Crippen LogP contribution in [-0.2, 0) is 10.0 Å². The summed E-state index contributed by atoms with van der Waals surface area (Å²) in [5.41, 5.74) is 6.12. The van der Waals surface area contributed by atoms with Gasteiger partial charge in [0.1, 0.15) is 16.5 Å². The van der Waals surface area contributed by atoms with Crippen LogP contribution in [0.15, 0.2) is 29.3 Å². The number of hydrogen-bond donors (Lipinski definition) is 3. The molecule has 0 fully saturated rings. The van der Waals surface area contributed by atoms with Gasteiger partial charge in [-0.05, 0) is 25.1 Å². The topological polar surface area (TPSA) is 101 Å². The molecule has 0 unspecified atom stereocenters. The number of hydrogen-bond acceptors (Lipinski definition) is 4. The first kappa shape index (κ1) is 12.4. The molecule has 0 amide bonds. The van der Waals surface area contributed by atoms with Gasteiger partial charge in [-0.1, -0.05) is 0 Å². The van der Waals surface area contributed by atoms with Gasteiger partial charge in [0, 0.05) is 5.56 Å². The van der Waals surface area contributed by atoms with Gasteiger partial charge in [-0.2, -0.15) is 5.10 Å². The van der Waals surface area contributed by atoms with Gasteiger partial charge in [0.15, 0.2) is 0 Å². The molecule has 0 atom stereocenters. The van der Waals surface area contributed by atoms with Crippen LogP contribution < -0.4 is 10.5 Å². The number of aromatic amines is 1. The molecule has 18 heavy (non-hydrogen) atoms. The van der Waals surface area contributed by atoms with Gasteiger partial charge in [0.05, 0.1) is 11.9 Å². The molecule has 0 bridgehead atoms. The Kier molecular flexibility index (Phi) is 2.95. The first-order valence-electron chi connectivity index (χ1n) is 4.98. The quantitative estimate of drug-likeness (QED) is 0.730. The Hall–Kier alpha value is -2.09. The molecular formula is C10H11FN4O2S. The van der Waals surface area contributed by atoms with E-state index in [1.807, 2.05) is 0 Å². The van der Waals surface area contributed by atoms with E-state index in [2.05, 4.69) is 14.9 Å². The second kappa shape index (κ2) is 4.30. The van der Waals surface area contributed by atoms with Crippen LogP contribution >= 0.6 is 0 Å². The van der Waals surface area contributed by atoms with E-state index in [9.17, 15) is 12.8 Å². The van der Waals surface area contributed by atoms with Gasteiger partial charge in [0.2, 0.25) is 0 Å². The SMILES string of the molecule is Cc1cn[nH]c1NS(=O)(=O)c1cc(F)ccc1N. The molecule has 0 aliphatic rings. The molecule has 8 heteroatoms. The number of halogens is 1. The van der Waals surface area contributed by atoms with Gasteiger partial charge in [0.25, 0.3) is 10.0 Å². The summed E-state index contributed by atoms with van der Waals surface area (Å²) in [7, 11) is -3.95. The molecule has 0 spiro atoms. The molecule has 1 aromatic heterocycles. The summed E-state index contributed by atoms with van der Waals surface area (Å²) >= 11 is 0. The maximum absolute atomic E-state index is 13.1. The molecule has 0 saturated carbocycles. The smallest absolute Gasteiger partial charge is 0.265 e. The summed E-state index contributed by atoms with van der Waals surface area (Å²) in [6.07, 6.45) is 1.47. The van der Waals surface area contributed by atoms with Crippen molar-refractivity contribution in [1.82, 2.24) is 10.2 Å². The van der Waals surface area contributed by atoms with Gasteiger partial charge in [-0.3, -0.25) is 9.82 Å². The average molecular weight is 270 g/mol. The predicted octanol–water partition coefficient (Wildman–Crippen LogP) is 1.24. The van der Waals surface area contributed by atoms with Crippen molar-refractivity contribution in [3.8, 4) is 0 Å². The Balaban J connectivity index is 2.43. The Labute approximate surface area is 103 Å². The van der Waals surface area contributed by atoms with E-state index in [0.29, 0.717) is 5.56 Å². The highest BCUT2D eigenvalue weighted by Crippen LogP contribution is 2.22. The van der Waals surface area contributed by atoms with Crippen LogP contribution in [0, 0.1) is 12.7 Å². The number of nitrogens with one attached hydrogen (secondary N) is 2. The summed E-state index contributed by atoms with van der Waals surface area (Å²) in [6, 6.07) is 3.16. The number of nitrogens with zero attached hydrogens (tertiary/aromatic N) is 1. The number of sulfonamides is 1. The molecule has 1 heterocycles. The minimum Gasteiger partial charge on any atom is -0.398 e. The lowest BCUT2D eigenvalue weighted by atomic mass is 10.3. The van der Waals surface area contributed by atoms with Crippen LogP contribution in [0.1, 0.15) is 5.56 Å². The molecule has 0 aliphatic carbocycles. The van der Waals surface area contributed by atoms with Crippen LogP contribution in [0.25, 0.3) is 0 Å². The molecule has 4 N–H and O–H groups in total. The molecule has 6 nitrogen and oxygen atoms in total. The number of aromatic nitrogens is 2. The molecule has 2 rings (SSSR count). The monoisotopic (exact) mass is 270 g/mol. The molecule has 2 aromatic rings. The molecular weight excluding hydrogens is 259 g/mol. The maximum atomic E-state index is 13.1.